The van der Waals surface area contributed by atoms with Gasteiger partial charge in [0.2, 0.25) is 0 Å². The molecule has 42 heavy (non-hydrogen) atoms. The first-order valence-electron chi connectivity index (χ1n) is 16.1. The average Bonchev–Trinajstić information content (AvgIpc) is 3.60. The first-order chi connectivity index (χ1) is 19.6. The van der Waals surface area contributed by atoms with Crippen molar-refractivity contribution in [3.63, 3.8) is 0 Å². The summed E-state index contributed by atoms with van der Waals surface area (Å²) in [5.74, 6) is 0.550. The summed E-state index contributed by atoms with van der Waals surface area (Å²) >= 11 is 1.55. The molecule has 1 unspecified atom stereocenters. The van der Waals surface area contributed by atoms with Crippen LogP contribution in [0.1, 0.15) is 124 Å². The van der Waals surface area contributed by atoms with Crippen molar-refractivity contribution in [1.82, 2.24) is 0 Å². The quantitative estimate of drug-likeness (QED) is 0.234. The third-order valence-electron chi connectivity index (χ3n) is 9.96. The molecule has 1 heteroatoms. The van der Waals surface area contributed by atoms with Crippen LogP contribution in [0.25, 0.3) is 32.7 Å². The second-order valence-corrected chi connectivity index (χ2v) is 17.5. The molecule has 1 atom stereocenters. The van der Waals surface area contributed by atoms with E-state index in [4.69, 9.17) is 0 Å². The van der Waals surface area contributed by atoms with Gasteiger partial charge in [-0.2, -0.15) is 11.6 Å². The molecule has 1 fully saturated rings. The van der Waals surface area contributed by atoms with E-state index in [1.807, 2.05) is 0 Å². The van der Waals surface area contributed by atoms with Crippen LogP contribution in [-0.2, 0) is 35.1 Å². The van der Waals surface area contributed by atoms with Crippen LogP contribution in [0.4, 0.5) is 0 Å². The van der Waals surface area contributed by atoms with Gasteiger partial charge in [-0.05, 0) is 36.1 Å². The van der Waals surface area contributed by atoms with Crippen molar-refractivity contribution >= 4 is 35.9 Å². The normalized spacial score (nSPS) is 22.4. The molecule has 3 aromatic rings. The van der Waals surface area contributed by atoms with Crippen LogP contribution < -0.4 is 0 Å². The number of fused-ring (bicyclic) bond motifs is 5. The van der Waals surface area contributed by atoms with Crippen LogP contribution >= 0.6 is 0 Å². The van der Waals surface area contributed by atoms with Gasteiger partial charge in [0.1, 0.15) is 0 Å². The standard InChI is InChI=1S/C25H25.C13H19.C3H6.Zr/c1-14-12-24(3,4)22-8-16-7-17-9-23-19(15(2)13-25(23,5)6)11-21(17)20(16)10-18(14)22;1-11-6-7-12(10-11)13(2)8-4-3-5-9-13;1-3-2;/h7-13H,1-6H3;7,10-11H,3-5,8-9H2,1-2H3;1-2H3;/q2*-1;;+2. The summed E-state index contributed by atoms with van der Waals surface area (Å²) in [5, 5.41) is 5.57. The van der Waals surface area contributed by atoms with Crippen LogP contribution in [0.5, 0.6) is 0 Å². The maximum atomic E-state index is 3.37. The fourth-order valence-corrected chi connectivity index (χ4v) is 7.80. The third-order valence-corrected chi connectivity index (χ3v) is 9.96. The van der Waals surface area contributed by atoms with E-state index in [-0.39, 0.29) is 10.8 Å². The molecule has 0 bridgehead atoms. The molecule has 0 aromatic heterocycles. The van der Waals surface area contributed by atoms with Gasteiger partial charge >= 0.3 is 41.3 Å². The van der Waals surface area contributed by atoms with E-state index in [9.17, 15) is 0 Å². The number of allylic oxidation sites excluding steroid dienone is 8. The monoisotopic (exact) mass is 632 g/mol. The summed E-state index contributed by atoms with van der Waals surface area (Å²) in [6.45, 7) is 22.7. The van der Waals surface area contributed by atoms with Crippen molar-refractivity contribution in [1.29, 1.82) is 0 Å². The van der Waals surface area contributed by atoms with Crippen molar-refractivity contribution in [3.05, 3.63) is 88.5 Å². The Morgan fingerprint density at radius 1 is 0.786 bits per heavy atom. The van der Waals surface area contributed by atoms with Gasteiger partial charge in [0, 0.05) is 10.8 Å². The summed E-state index contributed by atoms with van der Waals surface area (Å²) in [7, 11) is 0. The molecule has 3 aromatic carbocycles. The number of benzene rings is 2. The Morgan fingerprint density at radius 2 is 1.24 bits per heavy atom. The zero-order chi connectivity index (χ0) is 30.6. The molecule has 0 heterocycles. The van der Waals surface area contributed by atoms with Crippen LogP contribution in [-0.4, -0.2) is 3.21 Å². The predicted molar refractivity (Wildman–Crippen MR) is 183 cm³/mol. The minimum absolute atomic E-state index is 0.139. The maximum absolute atomic E-state index is 3.37. The molecule has 1 saturated carbocycles. The summed E-state index contributed by atoms with van der Waals surface area (Å²) < 4.78 is 1.51. The van der Waals surface area contributed by atoms with Crippen molar-refractivity contribution in [3.8, 4) is 0 Å². The van der Waals surface area contributed by atoms with Crippen LogP contribution in [0, 0.1) is 17.4 Å². The van der Waals surface area contributed by atoms with Crippen LogP contribution in [0.2, 0.25) is 0 Å². The van der Waals surface area contributed by atoms with Gasteiger partial charge in [0.15, 0.2) is 0 Å². The van der Waals surface area contributed by atoms with Gasteiger partial charge in [0.25, 0.3) is 0 Å². The molecule has 4 aliphatic rings. The zero-order valence-electron chi connectivity index (χ0n) is 27.8. The van der Waals surface area contributed by atoms with Gasteiger partial charge < -0.3 is 0 Å². The Morgan fingerprint density at radius 3 is 1.64 bits per heavy atom. The number of hydrogen-bond donors (Lipinski definition) is 0. The molecule has 7 rings (SSSR count). The van der Waals surface area contributed by atoms with Gasteiger partial charge in [-0.15, -0.1) is 39.7 Å². The molecule has 0 saturated heterocycles. The molecule has 0 aliphatic heterocycles. The Labute approximate surface area is 270 Å². The first-order valence-corrected chi connectivity index (χ1v) is 17.3. The summed E-state index contributed by atoms with van der Waals surface area (Å²) in [4.78, 5) is 0. The number of rotatable bonds is 1. The molecule has 218 valence electrons. The van der Waals surface area contributed by atoms with E-state index in [1.165, 1.54) is 90.3 Å². The average molecular weight is 634 g/mol. The Kier molecular flexibility index (Phi) is 8.62. The Hall–Kier alpha value is -1.98. The molecule has 0 nitrogen and oxygen atoms in total. The molecule has 0 amide bonds. The summed E-state index contributed by atoms with van der Waals surface area (Å²) in [6.07, 6.45) is 19.8. The van der Waals surface area contributed by atoms with Crippen LogP contribution in [0.15, 0.2) is 60.2 Å². The predicted octanol–water partition coefficient (Wildman–Crippen LogP) is 11.7. The minimum atomic E-state index is 0.139. The van der Waals surface area contributed by atoms with Crippen molar-refractivity contribution in [2.24, 2.45) is 11.3 Å². The van der Waals surface area contributed by atoms with E-state index in [0.717, 1.165) is 0 Å². The van der Waals surface area contributed by atoms with E-state index >= 15 is 0 Å². The van der Waals surface area contributed by atoms with E-state index < -0.39 is 0 Å². The van der Waals surface area contributed by atoms with Crippen molar-refractivity contribution < 1.29 is 24.2 Å². The Balaban J connectivity index is 0.000000174. The fraction of sp³-hybridized carbons (Fsp3) is 0.463. The second kappa shape index (κ2) is 11.5. The van der Waals surface area contributed by atoms with Crippen molar-refractivity contribution in [2.45, 2.75) is 112 Å². The van der Waals surface area contributed by atoms with E-state index in [0.29, 0.717) is 11.3 Å². The topological polar surface area (TPSA) is 0 Å². The first kappa shape index (κ1) is 31.4. The second-order valence-electron chi connectivity index (χ2n) is 15.1. The van der Waals surface area contributed by atoms with Gasteiger partial charge in [-0.3, -0.25) is 6.08 Å². The van der Waals surface area contributed by atoms with E-state index in [2.05, 4.69) is 130 Å². The summed E-state index contributed by atoms with van der Waals surface area (Å²) in [6, 6.07) is 12.1. The van der Waals surface area contributed by atoms with Crippen molar-refractivity contribution in [2.75, 3.05) is 0 Å². The van der Waals surface area contributed by atoms with E-state index in [1.54, 1.807) is 29.8 Å². The number of hydrogen-bond acceptors (Lipinski definition) is 0. The van der Waals surface area contributed by atoms with Gasteiger partial charge in [-0.25, -0.2) is 6.08 Å². The zero-order valence-corrected chi connectivity index (χ0v) is 30.3. The van der Waals surface area contributed by atoms with Gasteiger partial charge in [-0.1, -0.05) is 120 Å². The molecular weight excluding hydrogens is 584 g/mol. The molecule has 4 aliphatic carbocycles. The Bertz CT molecular complexity index is 1570. The third kappa shape index (κ3) is 6.02. The fourth-order valence-electron chi connectivity index (χ4n) is 7.80. The molecular formula is C41H50Zr. The van der Waals surface area contributed by atoms with Gasteiger partial charge in [0.05, 0.1) is 0 Å². The molecule has 0 N–H and O–H groups in total. The van der Waals surface area contributed by atoms with Crippen LogP contribution in [0.3, 0.4) is 0 Å². The molecule has 0 spiro atoms. The summed E-state index contributed by atoms with van der Waals surface area (Å²) in [5.41, 5.74) is 10.9. The SMILES string of the molecule is CC1=CC(C)(C)c2cc3[cH-]c4cc5c(cc4c3cc21)C(C)=CC5(C)C.CC1[C-]=CC(C2(C)CCCCC2)=C1.C[C](C)=[Zr+2]. The molecule has 0 radical (unpaired) electrons.